The summed E-state index contributed by atoms with van der Waals surface area (Å²) in [6, 6.07) is 0.777. The Morgan fingerprint density at radius 1 is 1.73 bits per heavy atom. The molecule has 2 unspecified atom stereocenters. The van der Waals surface area contributed by atoms with Gasteiger partial charge < -0.3 is 15.4 Å². The highest BCUT2D eigenvalue weighted by Crippen LogP contribution is 2.07. The molecule has 1 aliphatic heterocycles. The van der Waals surface area contributed by atoms with Crippen molar-refractivity contribution in [2.45, 2.75) is 31.8 Å². The first-order valence-electron chi connectivity index (χ1n) is 5.43. The van der Waals surface area contributed by atoms with Crippen molar-refractivity contribution < 1.29 is 9.53 Å². The van der Waals surface area contributed by atoms with Crippen LogP contribution in [0.5, 0.6) is 0 Å². The molecule has 1 saturated heterocycles. The van der Waals surface area contributed by atoms with Gasteiger partial charge in [-0.2, -0.15) is 0 Å². The van der Waals surface area contributed by atoms with Crippen molar-refractivity contribution in [1.82, 2.24) is 10.6 Å². The number of rotatable bonds is 5. The van der Waals surface area contributed by atoms with Crippen LogP contribution in [0, 0.1) is 0 Å². The largest absolute Gasteiger partial charge is 0.368 e. The minimum atomic E-state index is -0.0315. The Morgan fingerprint density at radius 2 is 2.53 bits per heavy atom. The van der Waals surface area contributed by atoms with Crippen LogP contribution < -0.4 is 10.6 Å². The zero-order valence-electron chi connectivity index (χ0n) is 9.29. The second-order valence-corrected chi connectivity index (χ2v) is 3.95. The molecule has 1 aliphatic rings. The third kappa shape index (κ3) is 4.95. The van der Waals surface area contributed by atoms with Crippen LogP contribution >= 0.6 is 0 Å². The van der Waals surface area contributed by atoms with Crippen molar-refractivity contribution in [3.63, 3.8) is 0 Å². The highest BCUT2D eigenvalue weighted by molar-refractivity contribution is 5.77. The van der Waals surface area contributed by atoms with E-state index in [0.29, 0.717) is 18.7 Å². The summed E-state index contributed by atoms with van der Waals surface area (Å²) in [4.78, 5) is 11.4. The number of amides is 1. The van der Waals surface area contributed by atoms with Gasteiger partial charge in [0.05, 0.1) is 6.61 Å². The molecule has 0 saturated carbocycles. The summed E-state index contributed by atoms with van der Waals surface area (Å²) in [5.74, 6) is -0.0315. The van der Waals surface area contributed by atoms with E-state index in [1.165, 1.54) is 0 Å². The molecule has 15 heavy (non-hydrogen) atoms. The third-order valence-electron chi connectivity index (χ3n) is 2.46. The Kier molecular flexibility index (Phi) is 5.36. The molecule has 0 radical (unpaired) electrons. The van der Waals surface area contributed by atoms with E-state index in [1.54, 1.807) is 6.08 Å². The topological polar surface area (TPSA) is 50.4 Å². The Bertz CT molecular complexity index is 219. The monoisotopic (exact) mass is 212 g/mol. The van der Waals surface area contributed by atoms with E-state index in [0.717, 1.165) is 19.4 Å². The van der Waals surface area contributed by atoms with E-state index in [9.17, 15) is 4.79 Å². The van der Waals surface area contributed by atoms with Crippen molar-refractivity contribution in [3.8, 4) is 0 Å². The van der Waals surface area contributed by atoms with Crippen LogP contribution in [0.4, 0.5) is 0 Å². The van der Waals surface area contributed by atoms with Gasteiger partial charge in [-0.3, -0.25) is 4.79 Å². The average Bonchev–Trinajstić information content (AvgIpc) is 2.18. The summed E-state index contributed by atoms with van der Waals surface area (Å²) in [7, 11) is 0. The summed E-state index contributed by atoms with van der Waals surface area (Å²) in [6.45, 7) is 7.18. The zero-order chi connectivity index (χ0) is 11.1. The van der Waals surface area contributed by atoms with Crippen LogP contribution in [-0.4, -0.2) is 37.7 Å². The van der Waals surface area contributed by atoms with Gasteiger partial charge in [-0.15, -0.1) is 6.58 Å². The van der Waals surface area contributed by atoms with Gasteiger partial charge in [-0.1, -0.05) is 6.08 Å². The Hall–Kier alpha value is -0.870. The van der Waals surface area contributed by atoms with Gasteiger partial charge in [0, 0.05) is 12.1 Å². The molecule has 4 heteroatoms. The lowest BCUT2D eigenvalue weighted by Gasteiger charge is -2.28. The van der Waals surface area contributed by atoms with Crippen LogP contribution in [0.1, 0.15) is 19.8 Å². The first-order chi connectivity index (χ1) is 7.22. The molecule has 1 fully saturated rings. The first-order valence-corrected chi connectivity index (χ1v) is 5.43. The minimum Gasteiger partial charge on any atom is -0.368 e. The number of piperidine rings is 1. The normalized spacial score (nSPS) is 25.9. The summed E-state index contributed by atoms with van der Waals surface area (Å²) in [5, 5.41) is 6.31. The Morgan fingerprint density at radius 3 is 3.20 bits per heavy atom. The molecule has 4 nitrogen and oxygen atoms in total. The minimum absolute atomic E-state index is 0.0315. The summed E-state index contributed by atoms with van der Waals surface area (Å²) >= 11 is 0. The van der Waals surface area contributed by atoms with Crippen molar-refractivity contribution in [1.29, 1.82) is 0 Å². The van der Waals surface area contributed by atoms with E-state index in [1.807, 2.05) is 0 Å². The van der Waals surface area contributed by atoms with Gasteiger partial charge in [0.25, 0.3) is 0 Å². The van der Waals surface area contributed by atoms with Crippen LogP contribution in [0.3, 0.4) is 0 Å². The number of nitrogens with one attached hydrogen (secondary N) is 2. The molecule has 0 bridgehead atoms. The Labute approximate surface area is 91.1 Å². The predicted molar refractivity (Wildman–Crippen MR) is 59.6 cm³/mol. The fourth-order valence-electron chi connectivity index (χ4n) is 1.77. The molecule has 2 atom stereocenters. The van der Waals surface area contributed by atoms with E-state index in [2.05, 4.69) is 24.1 Å². The quantitative estimate of drug-likeness (QED) is 0.514. The SMILES string of the molecule is C=CCOCC(=O)NC1CCNC(C)C1. The highest BCUT2D eigenvalue weighted by atomic mass is 16.5. The van der Waals surface area contributed by atoms with E-state index >= 15 is 0 Å². The van der Waals surface area contributed by atoms with Gasteiger partial charge in [0.15, 0.2) is 0 Å². The van der Waals surface area contributed by atoms with Crippen LogP contribution in [-0.2, 0) is 9.53 Å². The van der Waals surface area contributed by atoms with Crippen molar-refractivity contribution in [2.75, 3.05) is 19.8 Å². The molecule has 1 amide bonds. The molecule has 1 heterocycles. The average molecular weight is 212 g/mol. The standard InChI is InChI=1S/C11H20N2O2/c1-3-6-15-8-11(14)13-10-4-5-12-9(2)7-10/h3,9-10,12H,1,4-8H2,2H3,(H,13,14). The second-order valence-electron chi connectivity index (χ2n) is 3.95. The van der Waals surface area contributed by atoms with E-state index in [-0.39, 0.29) is 12.5 Å². The molecular formula is C11H20N2O2. The summed E-state index contributed by atoms with van der Waals surface area (Å²) < 4.78 is 5.07. The molecule has 0 spiro atoms. The lowest BCUT2D eigenvalue weighted by atomic mass is 10.0. The van der Waals surface area contributed by atoms with Crippen molar-refractivity contribution in [3.05, 3.63) is 12.7 Å². The summed E-state index contributed by atoms with van der Waals surface area (Å²) in [5.41, 5.74) is 0. The fraction of sp³-hybridized carbons (Fsp3) is 0.727. The van der Waals surface area contributed by atoms with Gasteiger partial charge >= 0.3 is 0 Å². The van der Waals surface area contributed by atoms with Gasteiger partial charge in [0.1, 0.15) is 6.61 Å². The van der Waals surface area contributed by atoms with Crippen molar-refractivity contribution >= 4 is 5.91 Å². The molecule has 2 N–H and O–H groups in total. The number of ether oxygens (including phenoxy) is 1. The molecular weight excluding hydrogens is 192 g/mol. The van der Waals surface area contributed by atoms with Crippen LogP contribution in [0.15, 0.2) is 12.7 Å². The zero-order valence-corrected chi connectivity index (χ0v) is 9.29. The molecule has 0 aromatic carbocycles. The number of carbonyl (C=O) groups is 1. The van der Waals surface area contributed by atoms with Crippen LogP contribution in [0.2, 0.25) is 0 Å². The number of hydrogen-bond acceptors (Lipinski definition) is 3. The van der Waals surface area contributed by atoms with Gasteiger partial charge in [-0.25, -0.2) is 0 Å². The summed E-state index contributed by atoms with van der Waals surface area (Å²) in [6.07, 6.45) is 3.63. The predicted octanol–water partition coefficient (Wildman–Crippen LogP) is 0.446. The van der Waals surface area contributed by atoms with Gasteiger partial charge in [0.2, 0.25) is 5.91 Å². The maximum absolute atomic E-state index is 11.4. The molecule has 1 rings (SSSR count). The van der Waals surface area contributed by atoms with Crippen LogP contribution in [0.25, 0.3) is 0 Å². The van der Waals surface area contributed by atoms with Gasteiger partial charge in [-0.05, 0) is 26.3 Å². The molecule has 0 aromatic rings. The lowest BCUT2D eigenvalue weighted by Crippen LogP contribution is -2.47. The van der Waals surface area contributed by atoms with E-state index < -0.39 is 0 Å². The molecule has 0 aliphatic carbocycles. The van der Waals surface area contributed by atoms with E-state index in [4.69, 9.17) is 4.74 Å². The fourth-order valence-corrected chi connectivity index (χ4v) is 1.77. The Balaban J connectivity index is 2.16. The number of carbonyl (C=O) groups excluding carboxylic acids is 1. The first kappa shape index (κ1) is 12.2. The van der Waals surface area contributed by atoms with Crippen molar-refractivity contribution in [2.24, 2.45) is 0 Å². The maximum Gasteiger partial charge on any atom is 0.246 e. The lowest BCUT2D eigenvalue weighted by molar-refractivity contribution is -0.126. The number of hydrogen-bond donors (Lipinski definition) is 2. The second kappa shape index (κ2) is 6.58. The third-order valence-corrected chi connectivity index (χ3v) is 2.46. The molecule has 86 valence electrons. The highest BCUT2D eigenvalue weighted by Gasteiger charge is 2.19. The smallest absolute Gasteiger partial charge is 0.246 e. The maximum atomic E-state index is 11.4. The molecule has 0 aromatic heterocycles.